The molecular formula is C24H28N6Zn. The smallest absolute Gasteiger partial charge is 0.440 e. The van der Waals surface area contributed by atoms with Gasteiger partial charge in [0.05, 0.1) is 11.7 Å². The summed E-state index contributed by atoms with van der Waals surface area (Å²) in [6.45, 7) is 16.0. The molecule has 6 nitrogen and oxygen atoms in total. The van der Waals surface area contributed by atoms with Crippen LogP contribution in [0, 0.1) is 27.7 Å². The number of allylic oxidation sites excluding steroid dienone is 2. The summed E-state index contributed by atoms with van der Waals surface area (Å²) in [5.41, 5.74) is 8.44. The van der Waals surface area contributed by atoms with E-state index in [0.717, 1.165) is 68.4 Å². The Labute approximate surface area is 197 Å². The third-order valence-corrected chi connectivity index (χ3v) is 4.67. The molecule has 0 bridgehead atoms. The van der Waals surface area contributed by atoms with Crippen molar-refractivity contribution in [3.8, 4) is 0 Å². The zero-order valence-corrected chi connectivity index (χ0v) is 22.7. The van der Waals surface area contributed by atoms with Crippen LogP contribution in [-0.4, -0.2) is 23.1 Å². The van der Waals surface area contributed by atoms with Crippen LogP contribution in [0.2, 0.25) is 0 Å². The Bertz CT molecular complexity index is 1070. The van der Waals surface area contributed by atoms with E-state index in [2.05, 4.69) is 29.9 Å². The van der Waals surface area contributed by atoms with Crippen LogP contribution in [0.1, 0.15) is 50.2 Å². The maximum absolute atomic E-state index is 4.46. The first-order valence-electron chi connectivity index (χ1n) is 9.99. The van der Waals surface area contributed by atoms with Crippen molar-refractivity contribution in [3.63, 3.8) is 0 Å². The summed E-state index contributed by atoms with van der Waals surface area (Å²) in [4.78, 5) is 26.3. The molecule has 0 spiro atoms. The van der Waals surface area contributed by atoms with Crippen LogP contribution in [0.4, 0.5) is 11.6 Å². The van der Waals surface area contributed by atoms with Gasteiger partial charge in [0.25, 0.3) is 0 Å². The number of aromatic nitrogens is 2. The van der Waals surface area contributed by atoms with E-state index in [1.807, 2.05) is 79.7 Å². The van der Waals surface area contributed by atoms with Crippen LogP contribution >= 0.6 is 0 Å². The number of nitrogens with zero attached hydrogens (tertiary/aromatic N) is 6. The van der Waals surface area contributed by atoms with Gasteiger partial charge in [-0.1, -0.05) is 46.3 Å². The fourth-order valence-corrected chi connectivity index (χ4v) is 3.31. The molecule has 0 saturated carbocycles. The van der Waals surface area contributed by atoms with Crippen molar-refractivity contribution in [2.24, 2.45) is 20.0 Å². The van der Waals surface area contributed by atoms with E-state index < -0.39 is 0 Å². The van der Waals surface area contributed by atoms with Gasteiger partial charge in [0.2, 0.25) is 0 Å². The molecule has 31 heavy (non-hydrogen) atoms. The van der Waals surface area contributed by atoms with Crippen LogP contribution in [0.5, 0.6) is 0 Å². The molecule has 0 N–H and O–H groups in total. The number of hydrogen-bond donors (Lipinski definition) is 0. The quantitative estimate of drug-likeness (QED) is 0.555. The van der Waals surface area contributed by atoms with E-state index in [0.29, 0.717) is 0 Å². The van der Waals surface area contributed by atoms with Crippen molar-refractivity contribution in [2.45, 2.75) is 55.4 Å². The second kappa shape index (κ2) is 10.1. The molecule has 0 radical (unpaired) electrons. The van der Waals surface area contributed by atoms with Crippen molar-refractivity contribution in [2.75, 3.05) is 0 Å². The van der Waals surface area contributed by atoms with Gasteiger partial charge in [-0.25, -0.2) is 0 Å². The van der Waals surface area contributed by atoms with Gasteiger partial charge in [0.15, 0.2) is 0 Å². The summed E-state index contributed by atoms with van der Waals surface area (Å²) in [6, 6.07) is 4.06. The van der Waals surface area contributed by atoms with Gasteiger partial charge in [-0.15, -0.1) is 0 Å². The molecule has 0 saturated heterocycles. The maximum Gasteiger partial charge on any atom is 2.00 e. The van der Waals surface area contributed by atoms with Crippen LogP contribution in [-0.2, 0) is 19.5 Å². The van der Waals surface area contributed by atoms with Gasteiger partial charge in [0.1, 0.15) is 0 Å². The minimum absolute atomic E-state index is 0. The minimum Gasteiger partial charge on any atom is -0.440 e. The maximum atomic E-state index is 4.46. The monoisotopic (exact) mass is 464 g/mol. The van der Waals surface area contributed by atoms with Crippen molar-refractivity contribution >= 4 is 34.7 Å². The molecule has 4 rings (SSSR count). The molecular weight excluding hydrogens is 438 g/mol. The van der Waals surface area contributed by atoms with Gasteiger partial charge in [0, 0.05) is 11.4 Å². The van der Waals surface area contributed by atoms with Crippen molar-refractivity contribution in [3.05, 3.63) is 57.9 Å². The number of aliphatic imine (C=N–C) groups is 4. The van der Waals surface area contributed by atoms with E-state index in [9.17, 15) is 0 Å². The number of aryl methyl sites for hydroxylation is 4. The third-order valence-electron chi connectivity index (χ3n) is 4.67. The molecule has 0 unspecified atom stereocenters. The Morgan fingerprint density at radius 1 is 0.613 bits per heavy atom. The average molecular weight is 466 g/mol. The van der Waals surface area contributed by atoms with E-state index >= 15 is 0 Å². The molecule has 156 valence electrons. The first kappa shape index (κ1) is 24.6. The fourth-order valence-electron chi connectivity index (χ4n) is 3.31. The third kappa shape index (κ3) is 6.17. The molecule has 0 amide bonds. The second-order valence-corrected chi connectivity index (χ2v) is 7.84. The Balaban J connectivity index is 0.000000213. The molecule has 0 aromatic carbocycles. The molecule has 7 heteroatoms. The zero-order valence-electron chi connectivity index (χ0n) is 19.7. The predicted octanol–water partition coefficient (Wildman–Crippen LogP) is 5.42. The van der Waals surface area contributed by atoms with Gasteiger partial charge in [-0.05, 0) is 78.7 Å². The van der Waals surface area contributed by atoms with Crippen LogP contribution < -0.4 is 9.97 Å². The van der Waals surface area contributed by atoms with E-state index in [-0.39, 0.29) is 19.5 Å². The molecule has 0 aliphatic carbocycles. The topological polar surface area (TPSA) is 77.6 Å². The summed E-state index contributed by atoms with van der Waals surface area (Å²) in [6.07, 6.45) is 4.06. The number of hydrogen-bond acceptors (Lipinski definition) is 2. The number of amidine groups is 2. The standard InChI is InChI=1S/2C12H14N3.Zn/c2*1-7-5-9(3)13-11(7)15-12-8(2)6-10(4)14-12;/h2*5-6H,1-4H3;/q2*-1;+2/b2*15-11-;. The van der Waals surface area contributed by atoms with Gasteiger partial charge < -0.3 is 20.0 Å². The Morgan fingerprint density at radius 2 is 0.968 bits per heavy atom. The fraction of sp³-hybridized carbons (Fsp3) is 0.333. The Hall–Kier alpha value is -2.66. The number of rotatable bonds is 2. The first-order valence-corrected chi connectivity index (χ1v) is 9.99. The average Bonchev–Trinajstić information content (AvgIpc) is 3.32. The zero-order chi connectivity index (χ0) is 22.0. The molecule has 0 atom stereocenters. The second-order valence-electron chi connectivity index (χ2n) is 7.84. The summed E-state index contributed by atoms with van der Waals surface area (Å²) >= 11 is 0. The van der Waals surface area contributed by atoms with Gasteiger partial charge in [-0.2, -0.15) is 0 Å². The predicted molar refractivity (Wildman–Crippen MR) is 126 cm³/mol. The van der Waals surface area contributed by atoms with E-state index in [1.54, 1.807) is 0 Å². The van der Waals surface area contributed by atoms with Crippen LogP contribution in [0.3, 0.4) is 0 Å². The van der Waals surface area contributed by atoms with Crippen LogP contribution in [0.25, 0.3) is 0 Å². The van der Waals surface area contributed by atoms with E-state index in [4.69, 9.17) is 0 Å². The molecule has 0 fully saturated rings. The molecule has 2 aromatic heterocycles. The van der Waals surface area contributed by atoms with Crippen molar-refractivity contribution in [1.29, 1.82) is 0 Å². The molecule has 4 heterocycles. The minimum atomic E-state index is 0. The van der Waals surface area contributed by atoms with E-state index in [1.165, 1.54) is 0 Å². The Morgan fingerprint density at radius 3 is 1.19 bits per heavy atom. The summed E-state index contributed by atoms with van der Waals surface area (Å²) in [7, 11) is 0. The summed E-state index contributed by atoms with van der Waals surface area (Å²) in [5, 5.41) is 0. The molecule has 2 aliphatic heterocycles. The van der Waals surface area contributed by atoms with Crippen LogP contribution in [0.15, 0.2) is 55.4 Å². The normalized spacial score (nSPS) is 17.7. The van der Waals surface area contributed by atoms with Gasteiger partial charge >= 0.3 is 19.5 Å². The van der Waals surface area contributed by atoms with Gasteiger partial charge in [-0.3, -0.25) is 9.98 Å². The molecule has 2 aliphatic rings. The summed E-state index contributed by atoms with van der Waals surface area (Å²) in [5.74, 6) is 3.14. The SMILES string of the molecule is CC1=CC(C)=N/C1=N\c1[n-]c(C)cc1C.CC1=CC(C)=N/C1=N\c1[n-]c(C)cc1C.[Zn+2]. The first-order chi connectivity index (χ1) is 14.1. The summed E-state index contributed by atoms with van der Waals surface area (Å²) < 4.78 is 0. The molecule has 2 aromatic rings. The largest absolute Gasteiger partial charge is 2.00 e. The van der Waals surface area contributed by atoms with Crippen molar-refractivity contribution in [1.82, 2.24) is 9.97 Å². The Kier molecular flexibility index (Phi) is 8.02. The van der Waals surface area contributed by atoms with Crippen molar-refractivity contribution < 1.29 is 19.5 Å².